The molecule has 2 atom stereocenters. The van der Waals surface area contributed by atoms with Crippen LogP contribution < -0.4 is 10.7 Å². The van der Waals surface area contributed by atoms with Gasteiger partial charge in [-0.2, -0.15) is 0 Å². The molecule has 1 aliphatic rings. The van der Waals surface area contributed by atoms with Gasteiger partial charge in [0.1, 0.15) is 17.2 Å². The molecule has 9 heteroatoms. The monoisotopic (exact) mass is 477 g/mol. The van der Waals surface area contributed by atoms with Crippen LogP contribution in [0.1, 0.15) is 85.3 Å². The summed E-state index contributed by atoms with van der Waals surface area (Å²) in [6, 6.07) is 7.23. The molecule has 3 N–H and O–H groups in total. The zero-order valence-corrected chi connectivity index (χ0v) is 21.1. The van der Waals surface area contributed by atoms with E-state index < -0.39 is 41.4 Å². The lowest BCUT2D eigenvalue weighted by Crippen LogP contribution is -2.56. The van der Waals surface area contributed by atoms with E-state index in [0.717, 1.165) is 37.1 Å². The molecule has 1 aromatic rings. The molecule has 0 saturated heterocycles. The van der Waals surface area contributed by atoms with Crippen molar-refractivity contribution in [1.82, 2.24) is 15.8 Å². The second-order valence-electron chi connectivity index (χ2n) is 10.6. The fraction of sp³-hybridized carbons (Fsp3) is 0.640. The SMILES string of the molecule is CC(C)(C)OC(=O)NN(C(=O)OC(C)(C)C)[C@H](c1ccccc1)C(O)C(=O)NC1CCCCC1. The van der Waals surface area contributed by atoms with Gasteiger partial charge in [-0.1, -0.05) is 49.6 Å². The number of hydrogen-bond acceptors (Lipinski definition) is 6. The van der Waals surface area contributed by atoms with Crippen LogP contribution in [-0.2, 0) is 14.3 Å². The zero-order chi connectivity index (χ0) is 25.5. The summed E-state index contributed by atoms with van der Waals surface area (Å²) < 4.78 is 10.8. The van der Waals surface area contributed by atoms with Crippen molar-refractivity contribution in [2.24, 2.45) is 0 Å². The molecule has 0 aromatic heterocycles. The number of amides is 3. The summed E-state index contributed by atoms with van der Waals surface area (Å²) in [7, 11) is 0. The first-order valence-corrected chi connectivity index (χ1v) is 11.8. The van der Waals surface area contributed by atoms with Gasteiger partial charge in [0.2, 0.25) is 0 Å². The number of aliphatic hydroxyl groups is 1. The maximum absolute atomic E-state index is 13.2. The van der Waals surface area contributed by atoms with Crippen LogP contribution in [0.25, 0.3) is 0 Å². The van der Waals surface area contributed by atoms with Gasteiger partial charge in [-0.05, 0) is 59.9 Å². The Morgan fingerprint density at radius 3 is 2.03 bits per heavy atom. The highest BCUT2D eigenvalue weighted by Gasteiger charge is 2.40. The Hall–Kier alpha value is -2.81. The Morgan fingerprint density at radius 1 is 0.941 bits per heavy atom. The number of hydrogen-bond donors (Lipinski definition) is 3. The highest BCUT2D eigenvalue weighted by molar-refractivity contribution is 5.83. The molecule has 0 spiro atoms. The van der Waals surface area contributed by atoms with Gasteiger partial charge in [-0.3, -0.25) is 4.79 Å². The van der Waals surface area contributed by atoms with Crippen molar-refractivity contribution >= 4 is 18.1 Å². The van der Waals surface area contributed by atoms with E-state index in [0.29, 0.717) is 5.56 Å². The molecule has 1 aromatic carbocycles. The van der Waals surface area contributed by atoms with E-state index in [2.05, 4.69) is 10.7 Å². The van der Waals surface area contributed by atoms with Crippen LogP contribution in [0.3, 0.4) is 0 Å². The number of nitrogens with zero attached hydrogens (tertiary/aromatic N) is 1. The number of ether oxygens (including phenoxy) is 2. The van der Waals surface area contributed by atoms with Crippen LogP contribution in [0.2, 0.25) is 0 Å². The molecule has 0 radical (unpaired) electrons. The summed E-state index contributed by atoms with van der Waals surface area (Å²) in [6.45, 7) is 10.1. The van der Waals surface area contributed by atoms with E-state index in [9.17, 15) is 19.5 Å². The lowest BCUT2D eigenvalue weighted by atomic mass is 9.94. The molecule has 1 aliphatic carbocycles. The second-order valence-corrected chi connectivity index (χ2v) is 10.6. The maximum Gasteiger partial charge on any atom is 0.429 e. The number of aliphatic hydroxyl groups excluding tert-OH is 1. The minimum atomic E-state index is -1.67. The molecule has 9 nitrogen and oxygen atoms in total. The van der Waals surface area contributed by atoms with Gasteiger partial charge in [-0.25, -0.2) is 20.0 Å². The van der Waals surface area contributed by atoms with Crippen LogP contribution in [0.15, 0.2) is 30.3 Å². The predicted molar refractivity (Wildman–Crippen MR) is 128 cm³/mol. The normalized spacial score (nSPS) is 16.7. The van der Waals surface area contributed by atoms with Crippen molar-refractivity contribution in [3.05, 3.63) is 35.9 Å². The van der Waals surface area contributed by atoms with Crippen LogP contribution in [0.4, 0.5) is 9.59 Å². The van der Waals surface area contributed by atoms with Crippen LogP contribution in [0.5, 0.6) is 0 Å². The molecule has 0 aliphatic heterocycles. The highest BCUT2D eigenvalue weighted by atomic mass is 16.6. The lowest BCUT2D eigenvalue weighted by molar-refractivity contribution is -0.135. The van der Waals surface area contributed by atoms with Crippen molar-refractivity contribution in [2.45, 2.75) is 103 Å². The molecule has 2 rings (SSSR count). The number of rotatable bonds is 5. The Morgan fingerprint density at radius 2 is 1.50 bits per heavy atom. The van der Waals surface area contributed by atoms with E-state index in [1.54, 1.807) is 71.9 Å². The van der Waals surface area contributed by atoms with Gasteiger partial charge >= 0.3 is 12.2 Å². The largest absolute Gasteiger partial charge is 0.443 e. The molecule has 34 heavy (non-hydrogen) atoms. The average Bonchev–Trinajstić information content (AvgIpc) is 2.72. The summed E-state index contributed by atoms with van der Waals surface area (Å²) in [5, 5.41) is 14.9. The van der Waals surface area contributed by atoms with E-state index in [1.165, 1.54) is 0 Å². The molecule has 1 fully saturated rings. The molecule has 0 bridgehead atoms. The first-order chi connectivity index (χ1) is 15.8. The molecule has 190 valence electrons. The molecule has 0 heterocycles. The van der Waals surface area contributed by atoms with Gasteiger partial charge in [0, 0.05) is 6.04 Å². The van der Waals surface area contributed by atoms with Crippen molar-refractivity contribution in [3.63, 3.8) is 0 Å². The van der Waals surface area contributed by atoms with E-state index in [4.69, 9.17) is 9.47 Å². The van der Waals surface area contributed by atoms with Gasteiger partial charge < -0.3 is 19.9 Å². The molecule has 3 amide bonds. The minimum Gasteiger partial charge on any atom is -0.443 e. The first kappa shape index (κ1) is 27.4. The third-order valence-electron chi connectivity index (χ3n) is 5.14. The fourth-order valence-corrected chi connectivity index (χ4v) is 3.74. The summed E-state index contributed by atoms with van der Waals surface area (Å²) in [5.41, 5.74) is 1.11. The number of hydrazine groups is 1. The molecular weight excluding hydrogens is 438 g/mol. The fourth-order valence-electron chi connectivity index (χ4n) is 3.74. The van der Waals surface area contributed by atoms with Gasteiger partial charge in [0.25, 0.3) is 5.91 Å². The van der Waals surface area contributed by atoms with E-state index in [1.807, 2.05) is 0 Å². The number of benzene rings is 1. The second kappa shape index (κ2) is 11.6. The van der Waals surface area contributed by atoms with Crippen LogP contribution in [-0.4, -0.2) is 51.6 Å². The summed E-state index contributed by atoms with van der Waals surface area (Å²) in [4.78, 5) is 38.9. The smallest absolute Gasteiger partial charge is 0.429 e. The highest BCUT2D eigenvalue weighted by Crippen LogP contribution is 2.27. The van der Waals surface area contributed by atoms with Gasteiger partial charge in [-0.15, -0.1) is 0 Å². The number of carbonyl (C=O) groups excluding carboxylic acids is 3. The van der Waals surface area contributed by atoms with Crippen molar-refractivity contribution in [1.29, 1.82) is 0 Å². The predicted octanol–water partition coefficient (Wildman–Crippen LogP) is 4.21. The number of nitrogens with one attached hydrogen (secondary N) is 2. The molecule has 1 unspecified atom stereocenters. The third kappa shape index (κ3) is 8.85. The Balaban J connectivity index is 2.39. The number of carbonyl (C=O) groups is 3. The van der Waals surface area contributed by atoms with Crippen molar-refractivity contribution < 1.29 is 29.0 Å². The quantitative estimate of drug-likeness (QED) is 0.547. The zero-order valence-electron chi connectivity index (χ0n) is 21.1. The van der Waals surface area contributed by atoms with Gasteiger partial charge in [0.15, 0.2) is 6.10 Å². The third-order valence-corrected chi connectivity index (χ3v) is 5.14. The summed E-state index contributed by atoms with van der Waals surface area (Å²) in [5.74, 6) is -0.625. The van der Waals surface area contributed by atoms with Gasteiger partial charge in [0.05, 0.1) is 0 Å². The lowest BCUT2D eigenvalue weighted by Gasteiger charge is -2.36. The summed E-state index contributed by atoms with van der Waals surface area (Å²) >= 11 is 0. The van der Waals surface area contributed by atoms with Crippen LogP contribution >= 0.6 is 0 Å². The van der Waals surface area contributed by atoms with E-state index >= 15 is 0 Å². The Labute approximate surface area is 202 Å². The van der Waals surface area contributed by atoms with Crippen molar-refractivity contribution in [3.8, 4) is 0 Å². The Kier molecular flexibility index (Phi) is 9.32. The topological polar surface area (TPSA) is 117 Å². The summed E-state index contributed by atoms with van der Waals surface area (Å²) in [6.07, 6.45) is 1.28. The van der Waals surface area contributed by atoms with E-state index in [-0.39, 0.29) is 6.04 Å². The first-order valence-electron chi connectivity index (χ1n) is 11.8. The van der Waals surface area contributed by atoms with Crippen LogP contribution in [0, 0.1) is 0 Å². The minimum absolute atomic E-state index is 0.0406. The Bertz CT molecular complexity index is 825. The molecular formula is C25H39N3O6. The van der Waals surface area contributed by atoms with Crippen molar-refractivity contribution in [2.75, 3.05) is 0 Å². The standard InChI is InChI=1S/C25H39N3O6/c1-24(2,3)33-22(31)27-28(23(32)34-25(4,5)6)19(17-13-9-7-10-14-17)20(29)21(30)26-18-15-11-8-12-16-18/h7,9-10,13-14,18-20,29H,8,11-12,15-16H2,1-6H3,(H,26,30)(H,27,31)/t19-,20?/m1/s1. The molecule has 1 saturated carbocycles. The maximum atomic E-state index is 13.2. The average molecular weight is 478 g/mol.